The van der Waals surface area contributed by atoms with Crippen LogP contribution in [0.2, 0.25) is 10.0 Å². The largest absolute Gasteiger partial charge is 0.492 e. The van der Waals surface area contributed by atoms with Crippen molar-refractivity contribution in [2.75, 3.05) is 11.9 Å². The minimum atomic E-state index is -0.110. The first kappa shape index (κ1) is 17.3. The summed E-state index contributed by atoms with van der Waals surface area (Å²) >= 11 is 18.8. The summed E-state index contributed by atoms with van der Waals surface area (Å²) in [5.41, 5.74) is 0.752. The fourth-order valence-corrected chi connectivity index (χ4v) is 3.03. The molecule has 2 aromatic rings. The molecule has 0 atom stereocenters. The molecule has 118 valence electrons. The van der Waals surface area contributed by atoms with Crippen LogP contribution in [0.3, 0.4) is 0 Å². The molecule has 0 saturated heterocycles. The number of carbonyl (C=O) groups excluding carboxylic acids is 1. The summed E-state index contributed by atoms with van der Waals surface area (Å²) in [4.78, 5) is 15.9. The fourth-order valence-electron chi connectivity index (χ4n) is 1.61. The van der Waals surface area contributed by atoms with E-state index in [9.17, 15) is 4.79 Å². The monoisotopic (exact) mass is 378 g/mol. The van der Waals surface area contributed by atoms with Crippen molar-refractivity contribution in [1.82, 2.24) is 4.98 Å². The highest BCUT2D eigenvalue weighted by Gasteiger charge is 2.07. The van der Waals surface area contributed by atoms with Crippen LogP contribution in [0.1, 0.15) is 18.5 Å². The molecule has 0 aliphatic heterocycles. The van der Waals surface area contributed by atoms with Crippen LogP contribution < -0.4 is 10.1 Å². The van der Waals surface area contributed by atoms with Gasteiger partial charge in [0.2, 0.25) is 5.91 Å². The summed E-state index contributed by atoms with van der Waals surface area (Å²) in [7, 11) is 0. The smallest absolute Gasteiger partial charge is 0.226 e. The fraction of sp³-hybridized carbons (Fsp3) is 0.286. The first-order chi connectivity index (χ1) is 10.6. The van der Waals surface area contributed by atoms with E-state index < -0.39 is 0 Å². The highest BCUT2D eigenvalue weighted by molar-refractivity contribution is 7.13. The summed E-state index contributed by atoms with van der Waals surface area (Å²) in [6, 6.07) is 5.02. The van der Waals surface area contributed by atoms with Gasteiger partial charge in [-0.2, -0.15) is 0 Å². The number of aromatic nitrogens is 1. The molecule has 0 saturated carbocycles. The van der Waals surface area contributed by atoms with Crippen molar-refractivity contribution in [2.45, 2.75) is 18.7 Å². The number of rotatable bonds is 7. The molecule has 0 radical (unpaired) electrons. The lowest BCUT2D eigenvalue weighted by molar-refractivity contribution is -0.116. The van der Waals surface area contributed by atoms with E-state index in [-0.39, 0.29) is 5.91 Å². The number of carbonyl (C=O) groups is 1. The lowest BCUT2D eigenvalue weighted by Crippen LogP contribution is -2.12. The zero-order valence-electron chi connectivity index (χ0n) is 11.4. The summed E-state index contributed by atoms with van der Waals surface area (Å²) in [5.74, 6) is 0.779. The van der Waals surface area contributed by atoms with E-state index in [0.717, 1.165) is 5.69 Å². The molecule has 4 nitrogen and oxygen atoms in total. The maximum atomic E-state index is 11.8. The zero-order valence-corrected chi connectivity index (χ0v) is 14.5. The average Bonchev–Trinajstić information content (AvgIpc) is 2.93. The molecule has 1 amide bonds. The lowest BCUT2D eigenvalue weighted by atomic mass is 10.3. The second-order valence-electron chi connectivity index (χ2n) is 4.35. The van der Waals surface area contributed by atoms with Crippen molar-refractivity contribution in [3.05, 3.63) is 39.3 Å². The molecule has 0 spiro atoms. The third-order valence-electron chi connectivity index (χ3n) is 2.63. The molecule has 1 aromatic carbocycles. The van der Waals surface area contributed by atoms with Crippen LogP contribution in [-0.2, 0) is 10.7 Å². The maximum Gasteiger partial charge on any atom is 0.226 e. The van der Waals surface area contributed by atoms with Crippen molar-refractivity contribution in [1.29, 1.82) is 0 Å². The van der Waals surface area contributed by atoms with Crippen molar-refractivity contribution in [3.8, 4) is 5.75 Å². The number of nitrogens with one attached hydrogen (secondary N) is 1. The van der Waals surface area contributed by atoms with Gasteiger partial charge in [-0.15, -0.1) is 22.9 Å². The van der Waals surface area contributed by atoms with Gasteiger partial charge < -0.3 is 10.1 Å². The van der Waals surface area contributed by atoms with Gasteiger partial charge in [0.15, 0.2) is 5.13 Å². The summed E-state index contributed by atoms with van der Waals surface area (Å²) < 4.78 is 5.51. The van der Waals surface area contributed by atoms with Crippen LogP contribution >= 0.6 is 46.1 Å². The molecule has 22 heavy (non-hydrogen) atoms. The number of hydrogen-bond donors (Lipinski definition) is 1. The quantitative estimate of drug-likeness (QED) is 0.545. The molecule has 8 heteroatoms. The van der Waals surface area contributed by atoms with Gasteiger partial charge in [-0.05, 0) is 24.6 Å². The minimum Gasteiger partial charge on any atom is -0.492 e. The number of nitrogens with zero attached hydrogens (tertiary/aromatic N) is 1. The number of anilines is 1. The Bertz CT molecular complexity index is 649. The van der Waals surface area contributed by atoms with Crippen LogP contribution in [0.5, 0.6) is 5.75 Å². The van der Waals surface area contributed by atoms with Gasteiger partial charge in [0.1, 0.15) is 5.75 Å². The second kappa shape index (κ2) is 8.58. The molecule has 0 unspecified atom stereocenters. The van der Waals surface area contributed by atoms with E-state index in [4.69, 9.17) is 39.5 Å². The van der Waals surface area contributed by atoms with Crippen LogP contribution in [0.25, 0.3) is 0 Å². The Morgan fingerprint density at radius 1 is 1.36 bits per heavy atom. The van der Waals surface area contributed by atoms with Crippen LogP contribution in [0, 0.1) is 0 Å². The normalized spacial score (nSPS) is 10.5. The van der Waals surface area contributed by atoms with Crippen molar-refractivity contribution < 1.29 is 9.53 Å². The topological polar surface area (TPSA) is 51.2 Å². The molecule has 0 fully saturated rings. The van der Waals surface area contributed by atoms with Crippen LogP contribution in [0.15, 0.2) is 23.6 Å². The van der Waals surface area contributed by atoms with E-state index in [1.54, 1.807) is 18.2 Å². The van der Waals surface area contributed by atoms with Gasteiger partial charge in [0.05, 0.1) is 23.2 Å². The third kappa shape index (κ3) is 5.32. The van der Waals surface area contributed by atoms with E-state index >= 15 is 0 Å². The maximum absolute atomic E-state index is 11.8. The highest BCUT2D eigenvalue weighted by Crippen LogP contribution is 2.27. The van der Waals surface area contributed by atoms with Crippen LogP contribution in [-0.4, -0.2) is 17.5 Å². The summed E-state index contributed by atoms with van der Waals surface area (Å²) in [6.45, 7) is 0.388. The average molecular weight is 380 g/mol. The first-order valence-electron chi connectivity index (χ1n) is 6.46. The highest BCUT2D eigenvalue weighted by atomic mass is 35.5. The number of thiazole rings is 1. The number of amides is 1. The standard InChI is InChI=1S/C14H13Cl3N2O2S/c15-7-10-8-22-14(18-10)19-13(20)2-1-5-21-12-4-3-9(16)6-11(12)17/h3-4,6,8H,1-2,5,7H2,(H,18,19,20). The molecular formula is C14H13Cl3N2O2S. The van der Waals surface area contributed by atoms with Gasteiger partial charge in [0, 0.05) is 16.8 Å². The third-order valence-corrected chi connectivity index (χ3v) is 4.25. The van der Waals surface area contributed by atoms with Crippen LogP contribution in [0.4, 0.5) is 5.13 Å². The van der Waals surface area contributed by atoms with Gasteiger partial charge in [-0.3, -0.25) is 4.79 Å². The van der Waals surface area contributed by atoms with Gasteiger partial charge in [-0.25, -0.2) is 4.98 Å². The van der Waals surface area contributed by atoms with Gasteiger partial charge >= 0.3 is 0 Å². The molecule has 0 aliphatic carbocycles. The number of benzene rings is 1. The molecule has 1 N–H and O–H groups in total. The van der Waals surface area contributed by atoms with E-state index in [1.165, 1.54) is 11.3 Å². The number of hydrogen-bond acceptors (Lipinski definition) is 4. The predicted molar refractivity (Wildman–Crippen MR) is 91.5 cm³/mol. The Morgan fingerprint density at radius 3 is 2.86 bits per heavy atom. The number of halogens is 3. The molecule has 1 aromatic heterocycles. The van der Waals surface area contributed by atoms with Gasteiger partial charge in [-0.1, -0.05) is 23.2 Å². The van der Waals surface area contributed by atoms with E-state index in [2.05, 4.69) is 10.3 Å². The van der Waals surface area contributed by atoms with Crippen molar-refractivity contribution >= 4 is 57.2 Å². The lowest BCUT2D eigenvalue weighted by Gasteiger charge is -2.08. The van der Waals surface area contributed by atoms with Crippen molar-refractivity contribution in [3.63, 3.8) is 0 Å². The Hall–Kier alpha value is -1.01. The summed E-state index contributed by atoms with van der Waals surface area (Å²) in [5, 5.41) is 6.10. The molecule has 0 bridgehead atoms. The Morgan fingerprint density at radius 2 is 2.18 bits per heavy atom. The second-order valence-corrected chi connectivity index (χ2v) is 6.32. The number of ether oxygens (including phenoxy) is 1. The van der Waals surface area contributed by atoms with E-state index in [1.807, 2.05) is 5.38 Å². The minimum absolute atomic E-state index is 0.110. The zero-order chi connectivity index (χ0) is 15.9. The molecule has 0 aliphatic rings. The molecule has 1 heterocycles. The Balaban J connectivity index is 1.70. The van der Waals surface area contributed by atoms with Gasteiger partial charge in [0.25, 0.3) is 0 Å². The van der Waals surface area contributed by atoms with Crippen molar-refractivity contribution in [2.24, 2.45) is 0 Å². The molecule has 2 rings (SSSR count). The van der Waals surface area contributed by atoms with E-state index in [0.29, 0.717) is 46.3 Å². The SMILES string of the molecule is O=C(CCCOc1ccc(Cl)cc1Cl)Nc1nc(CCl)cs1. The number of alkyl halides is 1. The first-order valence-corrected chi connectivity index (χ1v) is 8.63. The Kier molecular flexibility index (Phi) is 6.76. The summed E-state index contributed by atoms with van der Waals surface area (Å²) in [6.07, 6.45) is 0.902. The Labute approximate surface area is 147 Å². The molecular weight excluding hydrogens is 367 g/mol. The predicted octanol–water partition coefficient (Wildman–Crippen LogP) is 4.99.